The maximum absolute atomic E-state index is 12.5. The van der Waals surface area contributed by atoms with Gasteiger partial charge < -0.3 is 15.4 Å². The molecule has 1 saturated carbocycles. The molecule has 1 aromatic carbocycles. The summed E-state index contributed by atoms with van der Waals surface area (Å²) in [4.78, 5) is 14.6. The third kappa shape index (κ3) is 6.50. The van der Waals surface area contributed by atoms with Crippen molar-refractivity contribution in [3.63, 3.8) is 0 Å². The van der Waals surface area contributed by atoms with Crippen LogP contribution in [0.2, 0.25) is 0 Å². The van der Waals surface area contributed by atoms with Crippen molar-refractivity contribution in [1.82, 2.24) is 4.90 Å². The Labute approximate surface area is 163 Å². The van der Waals surface area contributed by atoms with Crippen molar-refractivity contribution in [2.45, 2.75) is 49.8 Å². The minimum absolute atomic E-state index is 0.0124. The molecule has 0 aromatic heterocycles. The van der Waals surface area contributed by atoms with Crippen molar-refractivity contribution in [3.8, 4) is 5.75 Å². The number of hydrogen-bond acceptors (Lipinski definition) is 5. The number of benzene rings is 1. The van der Waals surface area contributed by atoms with Gasteiger partial charge in [-0.15, -0.1) is 0 Å². The van der Waals surface area contributed by atoms with Crippen molar-refractivity contribution in [3.05, 3.63) is 24.3 Å². The van der Waals surface area contributed by atoms with Crippen LogP contribution in [0.1, 0.15) is 44.9 Å². The van der Waals surface area contributed by atoms with Crippen LogP contribution in [-0.2, 0) is 14.6 Å². The van der Waals surface area contributed by atoms with Crippen LogP contribution in [0.4, 0.5) is 0 Å². The summed E-state index contributed by atoms with van der Waals surface area (Å²) >= 11 is 0. The average Bonchev–Trinajstić information content (AvgIpc) is 2.65. The van der Waals surface area contributed by atoms with E-state index in [2.05, 4.69) is 0 Å². The first-order valence-corrected chi connectivity index (χ1v) is 11.5. The highest BCUT2D eigenvalue weighted by Crippen LogP contribution is 2.38. The van der Waals surface area contributed by atoms with E-state index < -0.39 is 9.84 Å². The summed E-state index contributed by atoms with van der Waals surface area (Å²) in [7, 11) is -1.36. The smallest absolute Gasteiger partial charge is 0.222 e. The van der Waals surface area contributed by atoms with Gasteiger partial charge in [-0.3, -0.25) is 4.79 Å². The van der Waals surface area contributed by atoms with Crippen LogP contribution >= 0.6 is 0 Å². The standard InChI is InChI=1S/C20H32N2O4S/c1-22(19(23)15-20(16-21)11-4-3-5-12-20)13-6-14-26-17-7-9-18(10-8-17)27(2,24)25/h7-10H,3-6,11-16,21H2,1-2H3. The Morgan fingerprint density at radius 2 is 1.81 bits per heavy atom. The predicted octanol–water partition coefficient (Wildman–Crippen LogP) is 2.62. The topological polar surface area (TPSA) is 89.7 Å². The van der Waals surface area contributed by atoms with E-state index in [0.29, 0.717) is 38.3 Å². The van der Waals surface area contributed by atoms with E-state index in [4.69, 9.17) is 10.5 Å². The molecule has 27 heavy (non-hydrogen) atoms. The van der Waals surface area contributed by atoms with Crippen molar-refractivity contribution < 1.29 is 17.9 Å². The Balaban J connectivity index is 1.73. The number of amides is 1. The van der Waals surface area contributed by atoms with E-state index in [-0.39, 0.29) is 16.2 Å². The zero-order valence-corrected chi connectivity index (χ0v) is 17.3. The number of carbonyl (C=O) groups is 1. The maximum atomic E-state index is 12.5. The summed E-state index contributed by atoms with van der Waals surface area (Å²) < 4.78 is 28.5. The molecule has 1 aliphatic rings. The monoisotopic (exact) mass is 396 g/mol. The van der Waals surface area contributed by atoms with Crippen LogP contribution in [0.15, 0.2) is 29.2 Å². The zero-order valence-electron chi connectivity index (χ0n) is 16.4. The van der Waals surface area contributed by atoms with Gasteiger partial charge in [0.25, 0.3) is 0 Å². The van der Waals surface area contributed by atoms with Gasteiger partial charge in [0.15, 0.2) is 9.84 Å². The predicted molar refractivity (Wildman–Crippen MR) is 106 cm³/mol. The molecule has 0 bridgehead atoms. The maximum Gasteiger partial charge on any atom is 0.222 e. The Morgan fingerprint density at radius 1 is 1.19 bits per heavy atom. The molecular formula is C20H32N2O4S. The van der Waals surface area contributed by atoms with Crippen molar-refractivity contribution in [1.29, 1.82) is 0 Å². The summed E-state index contributed by atoms with van der Waals surface area (Å²) in [6, 6.07) is 6.38. The van der Waals surface area contributed by atoms with Crippen LogP contribution in [-0.4, -0.2) is 52.2 Å². The molecule has 152 valence electrons. The Bertz CT molecular complexity index is 710. The average molecular weight is 397 g/mol. The molecule has 1 aliphatic carbocycles. The summed E-state index contributed by atoms with van der Waals surface area (Å²) in [6.07, 6.45) is 8.11. The van der Waals surface area contributed by atoms with E-state index in [1.807, 2.05) is 7.05 Å². The van der Waals surface area contributed by atoms with Crippen LogP contribution in [0.3, 0.4) is 0 Å². The van der Waals surface area contributed by atoms with Crippen LogP contribution in [0, 0.1) is 5.41 Å². The fraction of sp³-hybridized carbons (Fsp3) is 0.650. The molecule has 2 N–H and O–H groups in total. The number of carbonyl (C=O) groups excluding carboxylic acids is 1. The SMILES string of the molecule is CN(CCCOc1ccc(S(C)(=O)=O)cc1)C(=O)CC1(CN)CCCCC1. The second-order valence-electron chi connectivity index (χ2n) is 7.70. The number of sulfone groups is 1. The summed E-state index contributed by atoms with van der Waals surface area (Å²) in [5, 5.41) is 0. The lowest BCUT2D eigenvalue weighted by atomic mass is 9.71. The van der Waals surface area contributed by atoms with Crippen LogP contribution in [0.25, 0.3) is 0 Å². The first-order chi connectivity index (χ1) is 12.8. The molecule has 6 nitrogen and oxygen atoms in total. The lowest BCUT2D eigenvalue weighted by Gasteiger charge is -2.36. The van der Waals surface area contributed by atoms with Gasteiger partial charge in [-0.25, -0.2) is 8.42 Å². The quantitative estimate of drug-likeness (QED) is 0.648. The van der Waals surface area contributed by atoms with Gasteiger partial charge in [-0.05, 0) is 55.5 Å². The van der Waals surface area contributed by atoms with Gasteiger partial charge in [-0.2, -0.15) is 0 Å². The molecule has 0 heterocycles. The highest BCUT2D eigenvalue weighted by molar-refractivity contribution is 7.90. The van der Waals surface area contributed by atoms with E-state index >= 15 is 0 Å². The molecule has 1 amide bonds. The number of hydrogen-bond donors (Lipinski definition) is 1. The molecule has 0 radical (unpaired) electrons. The highest BCUT2D eigenvalue weighted by atomic mass is 32.2. The van der Waals surface area contributed by atoms with E-state index in [1.165, 1.54) is 37.7 Å². The molecule has 0 unspecified atom stereocenters. The summed E-state index contributed by atoms with van der Waals surface area (Å²) in [5.74, 6) is 0.778. The Hall–Kier alpha value is -1.60. The second-order valence-corrected chi connectivity index (χ2v) is 9.72. The molecular weight excluding hydrogens is 364 g/mol. The molecule has 1 fully saturated rings. The first-order valence-electron chi connectivity index (χ1n) is 9.63. The second kappa shape index (κ2) is 9.55. The molecule has 1 aromatic rings. The minimum atomic E-state index is -3.19. The van der Waals surface area contributed by atoms with Crippen LogP contribution < -0.4 is 10.5 Å². The van der Waals surface area contributed by atoms with Crippen molar-refractivity contribution in [2.24, 2.45) is 11.1 Å². The molecule has 0 spiro atoms. The Kier molecular flexibility index (Phi) is 7.68. The molecule has 0 atom stereocenters. The first kappa shape index (κ1) is 21.7. The van der Waals surface area contributed by atoms with Gasteiger partial charge in [0.05, 0.1) is 11.5 Å². The third-order valence-electron chi connectivity index (χ3n) is 5.46. The lowest BCUT2D eigenvalue weighted by molar-refractivity contribution is -0.133. The summed E-state index contributed by atoms with van der Waals surface area (Å²) in [5.41, 5.74) is 5.97. The normalized spacial score (nSPS) is 16.7. The number of nitrogens with two attached hydrogens (primary N) is 1. The van der Waals surface area contributed by atoms with Gasteiger partial charge in [0, 0.05) is 26.3 Å². The van der Waals surface area contributed by atoms with E-state index in [1.54, 1.807) is 17.0 Å². The van der Waals surface area contributed by atoms with Gasteiger partial charge >= 0.3 is 0 Å². The summed E-state index contributed by atoms with van der Waals surface area (Å²) in [6.45, 7) is 1.68. The van der Waals surface area contributed by atoms with Crippen molar-refractivity contribution in [2.75, 3.05) is 33.0 Å². The minimum Gasteiger partial charge on any atom is -0.494 e. The van der Waals surface area contributed by atoms with E-state index in [9.17, 15) is 13.2 Å². The molecule has 2 rings (SSSR count). The van der Waals surface area contributed by atoms with Crippen molar-refractivity contribution >= 4 is 15.7 Å². The number of ether oxygens (including phenoxy) is 1. The van der Waals surface area contributed by atoms with Gasteiger partial charge in [-0.1, -0.05) is 19.3 Å². The Morgan fingerprint density at radius 3 is 2.37 bits per heavy atom. The van der Waals surface area contributed by atoms with E-state index in [0.717, 1.165) is 12.8 Å². The zero-order chi connectivity index (χ0) is 19.9. The van der Waals surface area contributed by atoms with Gasteiger partial charge in [0.2, 0.25) is 5.91 Å². The molecule has 0 aliphatic heterocycles. The molecule has 0 saturated heterocycles. The third-order valence-corrected chi connectivity index (χ3v) is 6.59. The highest BCUT2D eigenvalue weighted by Gasteiger charge is 2.33. The van der Waals surface area contributed by atoms with Crippen LogP contribution in [0.5, 0.6) is 5.75 Å². The number of nitrogens with zero attached hydrogens (tertiary/aromatic N) is 1. The fourth-order valence-corrected chi connectivity index (χ4v) is 4.24. The fourth-order valence-electron chi connectivity index (χ4n) is 3.61. The number of rotatable bonds is 9. The lowest BCUT2D eigenvalue weighted by Crippen LogP contribution is -2.39. The molecule has 7 heteroatoms. The van der Waals surface area contributed by atoms with Gasteiger partial charge in [0.1, 0.15) is 5.75 Å². The largest absolute Gasteiger partial charge is 0.494 e.